The molecule has 0 aromatic rings. The first-order valence-corrected chi connectivity index (χ1v) is 3.88. The van der Waals surface area contributed by atoms with Crippen molar-refractivity contribution in [3.05, 3.63) is 12.2 Å². The second-order valence-electron chi connectivity index (χ2n) is 2.61. The number of hydrogen-bond acceptors (Lipinski definition) is 2. The Labute approximate surface area is 66.7 Å². The minimum Gasteiger partial charge on any atom is -0.312 e. The maximum Gasteiger partial charge on any atom is 0.126 e. The van der Waals surface area contributed by atoms with E-state index in [1.165, 1.54) is 0 Å². The van der Waals surface area contributed by atoms with Crippen molar-refractivity contribution in [1.29, 1.82) is 10.8 Å². The molecule has 0 saturated carbocycles. The largest absolute Gasteiger partial charge is 0.312 e. The molecule has 0 radical (unpaired) electrons. The van der Waals surface area contributed by atoms with Gasteiger partial charge in [0.25, 0.3) is 0 Å². The zero-order valence-corrected chi connectivity index (χ0v) is 6.72. The van der Waals surface area contributed by atoms with E-state index in [-0.39, 0.29) is 0 Å². The second-order valence-corrected chi connectivity index (χ2v) is 2.61. The maximum atomic E-state index is 7.41. The molecule has 3 nitrogen and oxygen atoms in total. The number of nitrogens with one attached hydrogen (secondary N) is 2. The van der Waals surface area contributed by atoms with E-state index in [0.717, 1.165) is 19.4 Å². The van der Waals surface area contributed by atoms with Crippen molar-refractivity contribution in [2.75, 3.05) is 6.54 Å². The minimum atomic E-state index is 0.448. The van der Waals surface area contributed by atoms with Gasteiger partial charge >= 0.3 is 0 Å². The molecule has 2 N–H and O–H groups in total. The Morgan fingerprint density at radius 3 is 2.27 bits per heavy atom. The SMILES string of the molecule is CCCCN1C(=N)C=CC1=N. The Hall–Kier alpha value is -1.12. The fourth-order valence-corrected chi connectivity index (χ4v) is 1.02. The Bertz CT molecular complexity index is 187. The third-order valence-corrected chi connectivity index (χ3v) is 1.72. The lowest BCUT2D eigenvalue weighted by Crippen LogP contribution is -2.29. The van der Waals surface area contributed by atoms with Crippen molar-refractivity contribution >= 4 is 11.7 Å². The lowest BCUT2D eigenvalue weighted by Gasteiger charge is -2.16. The van der Waals surface area contributed by atoms with Crippen LogP contribution in [0.15, 0.2) is 12.2 Å². The summed E-state index contributed by atoms with van der Waals surface area (Å²) in [5.41, 5.74) is 0. The zero-order chi connectivity index (χ0) is 8.27. The van der Waals surface area contributed by atoms with Gasteiger partial charge in [-0.1, -0.05) is 13.3 Å². The standard InChI is InChI=1S/C8H13N3/c1-2-3-6-11-7(9)4-5-8(11)10/h4-5,9-10H,2-3,6H2,1H3. The highest BCUT2D eigenvalue weighted by Gasteiger charge is 2.15. The van der Waals surface area contributed by atoms with Gasteiger partial charge in [-0.15, -0.1) is 0 Å². The van der Waals surface area contributed by atoms with Gasteiger partial charge in [-0.25, -0.2) is 0 Å². The van der Waals surface area contributed by atoms with E-state index in [1.54, 1.807) is 17.1 Å². The van der Waals surface area contributed by atoms with E-state index in [0.29, 0.717) is 11.7 Å². The van der Waals surface area contributed by atoms with Gasteiger partial charge in [0.1, 0.15) is 11.7 Å². The topological polar surface area (TPSA) is 50.9 Å². The first-order valence-electron chi connectivity index (χ1n) is 3.88. The summed E-state index contributed by atoms with van der Waals surface area (Å²) >= 11 is 0. The lowest BCUT2D eigenvalue weighted by molar-refractivity contribution is 0.572. The van der Waals surface area contributed by atoms with Gasteiger partial charge in [-0.3, -0.25) is 10.8 Å². The third-order valence-electron chi connectivity index (χ3n) is 1.72. The quantitative estimate of drug-likeness (QED) is 0.632. The summed E-state index contributed by atoms with van der Waals surface area (Å²) in [6.07, 6.45) is 5.49. The van der Waals surface area contributed by atoms with Gasteiger partial charge in [-0.2, -0.15) is 0 Å². The van der Waals surface area contributed by atoms with E-state index in [9.17, 15) is 0 Å². The van der Waals surface area contributed by atoms with Crippen LogP contribution in [0.25, 0.3) is 0 Å². The average molecular weight is 151 g/mol. The van der Waals surface area contributed by atoms with Crippen LogP contribution in [0.1, 0.15) is 19.8 Å². The first-order chi connectivity index (χ1) is 5.25. The molecule has 0 unspecified atom stereocenters. The van der Waals surface area contributed by atoms with Crippen molar-refractivity contribution in [2.24, 2.45) is 0 Å². The van der Waals surface area contributed by atoms with Gasteiger partial charge < -0.3 is 4.90 Å². The maximum absolute atomic E-state index is 7.41. The molecule has 11 heavy (non-hydrogen) atoms. The molecule has 1 aliphatic rings. The molecule has 0 aromatic heterocycles. The first kappa shape index (κ1) is 7.98. The predicted octanol–water partition coefficient (Wildman–Crippen LogP) is 1.61. The molecule has 1 heterocycles. The molecule has 0 atom stereocenters. The summed E-state index contributed by atoms with van der Waals surface area (Å²) in [5.74, 6) is 0.895. The van der Waals surface area contributed by atoms with E-state index in [1.807, 2.05) is 0 Å². The van der Waals surface area contributed by atoms with Gasteiger partial charge in [0.15, 0.2) is 0 Å². The van der Waals surface area contributed by atoms with Crippen LogP contribution in [0.2, 0.25) is 0 Å². The van der Waals surface area contributed by atoms with Crippen LogP contribution in [0.4, 0.5) is 0 Å². The number of unbranched alkanes of at least 4 members (excludes halogenated alkanes) is 1. The van der Waals surface area contributed by atoms with Gasteiger partial charge in [0.2, 0.25) is 0 Å². The summed E-state index contributed by atoms with van der Waals surface area (Å²) in [4.78, 5) is 1.71. The van der Waals surface area contributed by atoms with Crippen LogP contribution in [-0.2, 0) is 0 Å². The molecule has 0 saturated heterocycles. The molecule has 1 aliphatic heterocycles. The fraction of sp³-hybridized carbons (Fsp3) is 0.500. The van der Waals surface area contributed by atoms with Crippen LogP contribution >= 0.6 is 0 Å². The lowest BCUT2D eigenvalue weighted by atomic mass is 10.3. The normalized spacial score (nSPS) is 16.6. The van der Waals surface area contributed by atoms with Crippen LogP contribution in [0.3, 0.4) is 0 Å². The fourth-order valence-electron chi connectivity index (χ4n) is 1.02. The van der Waals surface area contributed by atoms with Crippen LogP contribution in [0, 0.1) is 10.8 Å². The van der Waals surface area contributed by atoms with Gasteiger partial charge in [0, 0.05) is 6.54 Å². The Kier molecular flexibility index (Phi) is 2.41. The van der Waals surface area contributed by atoms with Crippen molar-refractivity contribution in [3.8, 4) is 0 Å². The Morgan fingerprint density at radius 1 is 1.27 bits per heavy atom. The van der Waals surface area contributed by atoms with Crippen molar-refractivity contribution < 1.29 is 0 Å². The van der Waals surface area contributed by atoms with Gasteiger partial charge in [0.05, 0.1) is 0 Å². The minimum absolute atomic E-state index is 0.448. The molecule has 0 bridgehead atoms. The summed E-state index contributed by atoms with van der Waals surface area (Å²) in [6.45, 7) is 2.91. The van der Waals surface area contributed by atoms with E-state index < -0.39 is 0 Å². The van der Waals surface area contributed by atoms with Crippen molar-refractivity contribution in [3.63, 3.8) is 0 Å². The highest BCUT2D eigenvalue weighted by molar-refractivity contribution is 6.15. The molecule has 60 valence electrons. The smallest absolute Gasteiger partial charge is 0.126 e. The monoisotopic (exact) mass is 151 g/mol. The molecule has 0 amide bonds. The molecular formula is C8H13N3. The van der Waals surface area contributed by atoms with Gasteiger partial charge in [-0.05, 0) is 18.6 Å². The van der Waals surface area contributed by atoms with E-state index in [4.69, 9.17) is 10.8 Å². The van der Waals surface area contributed by atoms with E-state index >= 15 is 0 Å². The third kappa shape index (κ3) is 1.67. The molecule has 0 aromatic carbocycles. The average Bonchev–Trinajstić information content (AvgIpc) is 2.29. The highest BCUT2D eigenvalue weighted by Crippen LogP contribution is 2.05. The van der Waals surface area contributed by atoms with Crippen LogP contribution in [-0.4, -0.2) is 23.1 Å². The summed E-state index contributed by atoms with van der Waals surface area (Å²) < 4.78 is 0. The molecular weight excluding hydrogens is 138 g/mol. The van der Waals surface area contributed by atoms with Crippen molar-refractivity contribution in [1.82, 2.24) is 4.90 Å². The summed E-state index contributed by atoms with van der Waals surface area (Å²) in [5, 5.41) is 14.8. The molecule has 0 fully saturated rings. The second kappa shape index (κ2) is 3.32. The Morgan fingerprint density at radius 2 is 1.82 bits per heavy atom. The van der Waals surface area contributed by atoms with Crippen molar-refractivity contribution in [2.45, 2.75) is 19.8 Å². The van der Waals surface area contributed by atoms with Crippen LogP contribution in [0.5, 0.6) is 0 Å². The molecule has 0 aliphatic carbocycles. The number of amidine groups is 2. The van der Waals surface area contributed by atoms with Crippen LogP contribution < -0.4 is 0 Å². The highest BCUT2D eigenvalue weighted by atomic mass is 15.2. The predicted molar refractivity (Wildman–Crippen MR) is 46.2 cm³/mol. The summed E-state index contributed by atoms with van der Waals surface area (Å²) in [6, 6.07) is 0. The molecule has 3 heteroatoms. The van der Waals surface area contributed by atoms with E-state index in [2.05, 4.69) is 6.92 Å². The number of nitrogens with zero attached hydrogens (tertiary/aromatic N) is 1. The number of hydrogen-bond donors (Lipinski definition) is 2. The Balaban J connectivity index is 2.46. The molecule has 1 rings (SSSR count). The zero-order valence-electron chi connectivity index (χ0n) is 6.72. The summed E-state index contributed by atoms with van der Waals surface area (Å²) in [7, 11) is 0. The molecule has 0 spiro atoms. The number of rotatable bonds is 3.